The van der Waals surface area contributed by atoms with Gasteiger partial charge >= 0.3 is 24.1 Å². The molecular formula is C31H30N2O8. The highest BCUT2D eigenvalue weighted by molar-refractivity contribution is 6.08. The first-order valence-electron chi connectivity index (χ1n) is 12.7. The van der Waals surface area contributed by atoms with E-state index in [4.69, 9.17) is 18.9 Å². The van der Waals surface area contributed by atoms with Gasteiger partial charge in [-0.1, -0.05) is 97.6 Å². The lowest BCUT2D eigenvalue weighted by Gasteiger charge is -2.36. The van der Waals surface area contributed by atoms with Crippen LogP contribution in [0, 0.1) is 0 Å². The molecule has 0 aliphatic carbocycles. The Balaban J connectivity index is 1.79. The standard InChI is InChI=1S/C31H30N2O8/c1-22(25-17-11-6-12-18-25)26-19-31(27(34)38-2,28(35)39-3)33(30(37)41-21-24-15-9-5-10-16-24)32(26)29(36)40-20-23-13-7-4-8-14-23/h4-18,26H,1,19-21H2,2-3H3/t26-/m0/s1. The summed E-state index contributed by atoms with van der Waals surface area (Å²) in [5.41, 5.74) is -0.126. The van der Waals surface area contributed by atoms with Gasteiger partial charge in [-0.2, -0.15) is 5.01 Å². The van der Waals surface area contributed by atoms with Crippen molar-refractivity contribution in [1.82, 2.24) is 10.0 Å². The van der Waals surface area contributed by atoms with Crippen LogP contribution in [0.25, 0.3) is 5.57 Å². The molecule has 1 fully saturated rings. The van der Waals surface area contributed by atoms with Gasteiger partial charge < -0.3 is 18.9 Å². The van der Waals surface area contributed by atoms with Gasteiger partial charge in [0.25, 0.3) is 5.54 Å². The van der Waals surface area contributed by atoms with E-state index in [9.17, 15) is 19.2 Å². The third kappa shape index (κ3) is 5.91. The average molecular weight is 559 g/mol. The molecule has 0 radical (unpaired) electrons. The molecular weight excluding hydrogens is 528 g/mol. The summed E-state index contributed by atoms with van der Waals surface area (Å²) in [7, 11) is 2.13. The lowest BCUT2D eigenvalue weighted by Crippen LogP contribution is -2.63. The second-order valence-electron chi connectivity index (χ2n) is 9.19. The van der Waals surface area contributed by atoms with Crippen LogP contribution in [0.15, 0.2) is 97.6 Å². The molecule has 3 aromatic rings. The number of carbonyl (C=O) groups is 4. The zero-order valence-corrected chi connectivity index (χ0v) is 22.7. The van der Waals surface area contributed by atoms with Gasteiger partial charge in [-0.15, -0.1) is 0 Å². The van der Waals surface area contributed by atoms with Crippen molar-refractivity contribution in [2.24, 2.45) is 0 Å². The molecule has 1 heterocycles. The van der Waals surface area contributed by atoms with E-state index >= 15 is 0 Å². The van der Waals surface area contributed by atoms with Crippen LogP contribution in [0.2, 0.25) is 0 Å². The van der Waals surface area contributed by atoms with E-state index in [1.807, 2.05) is 6.07 Å². The first-order valence-corrected chi connectivity index (χ1v) is 12.7. The minimum atomic E-state index is -2.41. The highest BCUT2D eigenvalue weighted by atomic mass is 16.6. The Bertz CT molecular complexity index is 1380. The van der Waals surface area contributed by atoms with E-state index in [0.717, 1.165) is 19.2 Å². The number of nitrogens with zero attached hydrogens (tertiary/aromatic N) is 2. The molecule has 1 aliphatic rings. The molecule has 0 saturated carbocycles. The van der Waals surface area contributed by atoms with Gasteiger partial charge in [0.2, 0.25) is 0 Å². The van der Waals surface area contributed by atoms with Crippen LogP contribution in [-0.2, 0) is 41.8 Å². The van der Waals surface area contributed by atoms with E-state index in [-0.39, 0.29) is 13.2 Å². The van der Waals surface area contributed by atoms with Gasteiger partial charge in [0.15, 0.2) is 0 Å². The maximum absolute atomic E-state index is 13.8. The summed E-state index contributed by atoms with van der Waals surface area (Å²) in [5, 5.41) is 1.53. The van der Waals surface area contributed by atoms with Gasteiger partial charge in [-0.25, -0.2) is 24.2 Å². The molecule has 41 heavy (non-hydrogen) atoms. The first-order chi connectivity index (χ1) is 19.8. The van der Waals surface area contributed by atoms with Crippen LogP contribution in [-0.4, -0.2) is 59.9 Å². The zero-order valence-electron chi connectivity index (χ0n) is 22.7. The number of carbonyl (C=O) groups excluding carboxylic acids is 4. The number of rotatable bonds is 8. The molecule has 1 aliphatic heterocycles. The molecule has 0 spiro atoms. The fourth-order valence-electron chi connectivity index (χ4n) is 4.67. The molecule has 0 N–H and O–H groups in total. The molecule has 2 amide bonds. The summed E-state index contributed by atoms with van der Waals surface area (Å²) in [5.74, 6) is -2.24. The smallest absolute Gasteiger partial charge is 0.431 e. The molecule has 1 atom stereocenters. The Morgan fingerprint density at radius 2 is 1.17 bits per heavy atom. The number of amides is 2. The van der Waals surface area contributed by atoms with E-state index < -0.39 is 42.1 Å². The van der Waals surface area contributed by atoms with Gasteiger partial charge in [0, 0.05) is 6.42 Å². The summed E-state index contributed by atoms with van der Waals surface area (Å²) >= 11 is 0. The monoisotopic (exact) mass is 558 g/mol. The number of methoxy groups -OCH3 is 2. The van der Waals surface area contributed by atoms with Crippen molar-refractivity contribution in [1.29, 1.82) is 0 Å². The Labute approximate surface area is 237 Å². The Morgan fingerprint density at radius 1 is 0.732 bits per heavy atom. The van der Waals surface area contributed by atoms with Crippen LogP contribution in [0.5, 0.6) is 0 Å². The maximum Gasteiger partial charge on any atom is 0.431 e. The van der Waals surface area contributed by atoms with E-state index in [2.05, 4.69) is 6.58 Å². The fraction of sp³-hybridized carbons (Fsp3) is 0.226. The van der Waals surface area contributed by atoms with Crippen molar-refractivity contribution in [2.45, 2.75) is 31.2 Å². The number of esters is 2. The lowest BCUT2D eigenvalue weighted by atomic mass is 9.88. The highest BCUT2D eigenvalue weighted by Crippen LogP contribution is 2.42. The first kappa shape index (κ1) is 28.9. The van der Waals surface area contributed by atoms with Crippen LogP contribution < -0.4 is 0 Å². The minimum absolute atomic E-state index is 0.142. The number of benzene rings is 3. The van der Waals surface area contributed by atoms with Crippen molar-refractivity contribution >= 4 is 29.7 Å². The van der Waals surface area contributed by atoms with Crippen molar-refractivity contribution in [3.8, 4) is 0 Å². The molecule has 0 bridgehead atoms. The van der Waals surface area contributed by atoms with Crippen LogP contribution in [0.4, 0.5) is 9.59 Å². The van der Waals surface area contributed by atoms with Crippen LogP contribution in [0.3, 0.4) is 0 Å². The molecule has 4 rings (SSSR count). The Hall–Kier alpha value is -5.12. The normalized spacial score (nSPS) is 15.5. The second-order valence-corrected chi connectivity index (χ2v) is 9.19. The number of hydrazine groups is 1. The van der Waals surface area contributed by atoms with Crippen molar-refractivity contribution in [2.75, 3.05) is 14.2 Å². The van der Waals surface area contributed by atoms with Crippen molar-refractivity contribution in [3.05, 3.63) is 114 Å². The molecule has 3 aromatic carbocycles. The number of hydrogen-bond donors (Lipinski definition) is 0. The van der Waals surface area contributed by atoms with E-state index in [1.54, 1.807) is 84.9 Å². The third-order valence-electron chi connectivity index (χ3n) is 6.72. The predicted octanol–water partition coefficient (Wildman–Crippen LogP) is 4.75. The maximum atomic E-state index is 13.8. The molecule has 1 saturated heterocycles. The predicted molar refractivity (Wildman–Crippen MR) is 148 cm³/mol. The summed E-state index contributed by atoms with van der Waals surface area (Å²) in [6, 6.07) is 25.5. The van der Waals surface area contributed by atoms with Crippen LogP contribution in [0.1, 0.15) is 23.1 Å². The minimum Gasteiger partial charge on any atom is -0.467 e. The van der Waals surface area contributed by atoms with E-state index in [1.165, 1.54) is 0 Å². The largest absolute Gasteiger partial charge is 0.467 e. The Kier molecular flexibility index (Phi) is 9.03. The van der Waals surface area contributed by atoms with Crippen molar-refractivity contribution < 1.29 is 38.1 Å². The summed E-state index contributed by atoms with van der Waals surface area (Å²) < 4.78 is 21.1. The molecule has 0 unspecified atom stereocenters. The topological polar surface area (TPSA) is 112 Å². The fourth-order valence-corrected chi connectivity index (χ4v) is 4.67. The second kappa shape index (κ2) is 12.8. The van der Waals surface area contributed by atoms with Crippen LogP contribution >= 0.6 is 0 Å². The number of hydrogen-bond acceptors (Lipinski definition) is 8. The lowest BCUT2D eigenvalue weighted by molar-refractivity contribution is -0.174. The van der Waals surface area contributed by atoms with Gasteiger partial charge in [-0.05, 0) is 22.3 Å². The SMILES string of the molecule is C=C(c1ccccc1)[C@@H]1CC(C(=O)OC)(C(=O)OC)N(C(=O)OCc2ccccc2)N1C(=O)OCc1ccccc1. The van der Waals surface area contributed by atoms with Gasteiger partial charge in [-0.3, -0.25) is 0 Å². The van der Waals surface area contributed by atoms with Gasteiger partial charge in [0.05, 0.1) is 20.3 Å². The molecule has 10 nitrogen and oxygen atoms in total. The zero-order chi connectivity index (χ0) is 29.4. The Morgan fingerprint density at radius 3 is 1.63 bits per heavy atom. The van der Waals surface area contributed by atoms with Gasteiger partial charge in [0.1, 0.15) is 13.2 Å². The van der Waals surface area contributed by atoms with E-state index in [0.29, 0.717) is 27.3 Å². The van der Waals surface area contributed by atoms with Crippen molar-refractivity contribution in [3.63, 3.8) is 0 Å². The average Bonchev–Trinajstić information content (AvgIpc) is 3.40. The molecule has 10 heteroatoms. The summed E-state index contributed by atoms with van der Waals surface area (Å²) in [6.45, 7) is 3.80. The summed E-state index contributed by atoms with van der Waals surface area (Å²) in [6.07, 6.45) is -2.59. The third-order valence-corrected chi connectivity index (χ3v) is 6.72. The highest BCUT2D eigenvalue weighted by Gasteiger charge is 2.67. The molecule has 212 valence electrons. The molecule has 0 aromatic heterocycles. The summed E-state index contributed by atoms with van der Waals surface area (Å²) in [4.78, 5) is 54.3. The quantitative estimate of drug-likeness (QED) is 0.221. The number of ether oxygens (including phenoxy) is 4.